The lowest BCUT2D eigenvalue weighted by atomic mass is 9.98. The predicted octanol–water partition coefficient (Wildman–Crippen LogP) is 5.12. The van der Waals surface area contributed by atoms with Crippen LogP contribution in [0.3, 0.4) is 0 Å². The molecule has 1 unspecified atom stereocenters. The summed E-state index contributed by atoms with van der Waals surface area (Å²) in [5, 5.41) is 15.2. The van der Waals surface area contributed by atoms with Crippen LogP contribution in [0, 0.1) is 0 Å². The van der Waals surface area contributed by atoms with Crippen molar-refractivity contribution in [3.8, 4) is 11.1 Å². The SMILES string of the molecule is CC(C)(C)OCC(NC(=O)OCC1c2ccccc2-c2ccccc21)c1nnnn1Cc1ccccc1. The maximum atomic E-state index is 13.1. The van der Waals surface area contributed by atoms with Gasteiger partial charge in [0.15, 0.2) is 5.82 Å². The molecule has 1 N–H and O–H groups in total. The van der Waals surface area contributed by atoms with Crippen LogP contribution in [0.4, 0.5) is 4.79 Å². The molecule has 0 fully saturated rings. The number of carbonyl (C=O) groups is 1. The van der Waals surface area contributed by atoms with E-state index in [2.05, 4.69) is 45.1 Å². The zero-order chi connectivity index (χ0) is 25.8. The summed E-state index contributed by atoms with van der Waals surface area (Å²) < 4.78 is 13.5. The second kappa shape index (κ2) is 10.5. The second-order valence-corrected chi connectivity index (χ2v) is 10.1. The number of hydrogen-bond acceptors (Lipinski definition) is 6. The highest BCUT2D eigenvalue weighted by Crippen LogP contribution is 2.44. The largest absolute Gasteiger partial charge is 0.449 e. The molecule has 0 bridgehead atoms. The zero-order valence-electron chi connectivity index (χ0n) is 21.3. The highest BCUT2D eigenvalue weighted by Gasteiger charge is 2.30. The van der Waals surface area contributed by atoms with Gasteiger partial charge in [0.2, 0.25) is 0 Å². The summed E-state index contributed by atoms with van der Waals surface area (Å²) in [6.07, 6.45) is -0.543. The molecule has 0 aliphatic heterocycles. The number of aromatic nitrogens is 4. The number of amides is 1. The molecule has 1 heterocycles. The number of alkyl carbamates (subject to hydrolysis) is 1. The number of benzene rings is 3. The van der Waals surface area contributed by atoms with Crippen LogP contribution >= 0.6 is 0 Å². The van der Waals surface area contributed by atoms with Crippen LogP contribution in [-0.2, 0) is 16.0 Å². The van der Waals surface area contributed by atoms with Crippen molar-refractivity contribution in [3.05, 3.63) is 101 Å². The smallest absolute Gasteiger partial charge is 0.407 e. The number of fused-ring (bicyclic) bond motifs is 3. The second-order valence-electron chi connectivity index (χ2n) is 10.1. The maximum Gasteiger partial charge on any atom is 0.407 e. The van der Waals surface area contributed by atoms with Crippen LogP contribution in [0.15, 0.2) is 78.9 Å². The Bertz CT molecular complexity index is 1320. The van der Waals surface area contributed by atoms with Gasteiger partial charge >= 0.3 is 6.09 Å². The van der Waals surface area contributed by atoms with Crippen LogP contribution in [0.5, 0.6) is 0 Å². The van der Waals surface area contributed by atoms with Crippen LogP contribution in [-0.4, -0.2) is 45.1 Å². The van der Waals surface area contributed by atoms with E-state index < -0.39 is 17.7 Å². The van der Waals surface area contributed by atoms with Crippen molar-refractivity contribution in [2.75, 3.05) is 13.2 Å². The Morgan fingerprint density at radius 3 is 2.22 bits per heavy atom. The molecule has 1 atom stereocenters. The molecule has 3 aromatic carbocycles. The summed E-state index contributed by atoms with van der Waals surface area (Å²) in [7, 11) is 0. The van der Waals surface area contributed by atoms with Crippen LogP contribution in [0.1, 0.15) is 55.2 Å². The van der Waals surface area contributed by atoms with Gasteiger partial charge in [-0.05, 0) is 59.0 Å². The monoisotopic (exact) mass is 497 g/mol. The molecule has 0 radical (unpaired) electrons. The van der Waals surface area contributed by atoms with Gasteiger partial charge in [0.05, 0.1) is 18.8 Å². The van der Waals surface area contributed by atoms with Crippen molar-refractivity contribution in [2.24, 2.45) is 0 Å². The van der Waals surface area contributed by atoms with Crippen molar-refractivity contribution >= 4 is 6.09 Å². The number of rotatable bonds is 8. The quantitative estimate of drug-likeness (QED) is 0.364. The Labute approximate surface area is 216 Å². The molecule has 8 heteroatoms. The van der Waals surface area contributed by atoms with Crippen molar-refractivity contribution in [1.82, 2.24) is 25.5 Å². The number of nitrogens with one attached hydrogen (secondary N) is 1. The lowest BCUT2D eigenvalue weighted by Gasteiger charge is -2.25. The number of carbonyl (C=O) groups excluding carboxylic acids is 1. The molecule has 1 aromatic heterocycles. The Balaban J connectivity index is 1.31. The van der Waals surface area contributed by atoms with Gasteiger partial charge in [-0.25, -0.2) is 9.48 Å². The van der Waals surface area contributed by atoms with E-state index in [4.69, 9.17) is 9.47 Å². The summed E-state index contributed by atoms with van der Waals surface area (Å²) in [6.45, 7) is 6.78. The summed E-state index contributed by atoms with van der Waals surface area (Å²) in [4.78, 5) is 13.1. The van der Waals surface area contributed by atoms with E-state index in [0.717, 1.165) is 16.7 Å². The molecule has 0 saturated carbocycles. The molecule has 190 valence electrons. The zero-order valence-corrected chi connectivity index (χ0v) is 21.3. The van der Waals surface area contributed by atoms with Gasteiger partial charge in [-0.15, -0.1) is 5.10 Å². The highest BCUT2D eigenvalue weighted by atomic mass is 16.5. The lowest BCUT2D eigenvalue weighted by Crippen LogP contribution is -2.37. The number of ether oxygens (including phenoxy) is 2. The van der Waals surface area contributed by atoms with Crippen LogP contribution in [0.25, 0.3) is 11.1 Å². The Morgan fingerprint density at radius 2 is 1.57 bits per heavy atom. The van der Waals surface area contributed by atoms with Crippen molar-refractivity contribution in [3.63, 3.8) is 0 Å². The third-order valence-electron chi connectivity index (χ3n) is 6.37. The first kappa shape index (κ1) is 24.6. The van der Waals surface area contributed by atoms with Crippen molar-refractivity contribution in [1.29, 1.82) is 0 Å². The summed E-state index contributed by atoms with van der Waals surface area (Å²) >= 11 is 0. The van der Waals surface area contributed by atoms with E-state index in [0.29, 0.717) is 12.4 Å². The molecule has 1 amide bonds. The third-order valence-corrected chi connectivity index (χ3v) is 6.37. The Kier molecular flexibility index (Phi) is 7.01. The van der Waals surface area contributed by atoms with Gasteiger partial charge in [-0.3, -0.25) is 0 Å². The maximum absolute atomic E-state index is 13.1. The minimum absolute atomic E-state index is 0.0224. The molecule has 4 aromatic rings. The van der Waals surface area contributed by atoms with Gasteiger partial charge in [-0.2, -0.15) is 0 Å². The number of hydrogen-bond donors (Lipinski definition) is 1. The van der Waals surface area contributed by atoms with Gasteiger partial charge in [0, 0.05) is 5.92 Å². The molecule has 1 aliphatic rings. The first-order valence-corrected chi connectivity index (χ1v) is 12.4. The molecule has 1 aliphatic carbocycles. The molecule has 0 spiro atoms. The fourth-order valence-corrected chi connectivity index (χ4v) is 4.63. The van der Waals surface area contributed by atoms with E-state index in [1.165, 1.54) is 11.1 Å². The van der Waals surface area contributed by atoms with Gasteiger partial charge in [0.1, 0.15) is 12.6 Å². The lowest BCUT2D eigenvalue weighted by molar-refractivity contribution is -0.0165. The Hall–Kier alpha value is -4.04. The van der Waals surface area contributed by atoms with Gasteiger partial charge in [-0.1, -0.05) is 78.9 Å². The van der Waals surface area contributed by atoms with Crippen LogP contribution < -0.4 is 5.32 Å². The molecular weight excluding hydrogens is 466 g/mol. The predicted molar refractivity (Wildman–Crippen MR) is 140 cm³/mol. The van der Waals surface area contributed by atoms with E-state index in [-0.39, 0.29) is 19.1 Å². The van der Waals surface area contributed by atoms with E-state index >= 15 is 0 Å². The Morgan fingerprint density at radius 1 is 0.946 bits per heavy atom. The van der Waals surface area contributed by atoms with Gasteiger partial charge in [0.25, 0.3) is 0 Å². The minimum atomic E-state index is -0.589. The summed E-state index contributed by atoms with van der Waals surface area (Å²) in [6, 6.07) is 25.8. The fraction of sp³-hybridized carbons (Fsp3) is 0.310. The normalized spacial score (nSPS) is 13.6. The van der Waals surface area contributed by atoms with Crippen LogP contribution in [0.2, 0.25) is 0 Å². The standard InChI is InChI=1S/C29H31N5O3/c1-29(2,3)37-19-26(27-31-32-33-34(27)17-20-11-5-4-6-12-20)30-28(35)36-18-25-23-15-9-7-13-21(23)22-14-8-10-16-24(22)25/h4-16,25-26H,17-19H2,1-3H3,(H,30,35). The summed E-state index contributed by atoms with van der Waals surface area (Å²) in [5.41, 5.74) is 5.34. The first-order valence-electron chi connectivity index (χ1n) is 12.4. The topological polar surface area (TPSA) is 91.2 Å². The molecule has 37 heavy (non-hydrogen) atoms. The number of nitrogens with zero attached hydrogens (tertiary/aromatic N) is 4. The summed E-state index contributed by atoms with van der Waals surface area (Å²) in [5.74, 6) is 0.479. The molecule has 0 saturated heterocycles. The van der Waals surface area contributed by atoms with E-state index in [1.54, 1.807) is 4.68 Å². The average molecular weight is 498 g/mol. The van der Waals surface area contributed by atoms with Gasteiger partial charge < -0.3 is 14.8 Å². The van der Waals surface area contributed by atoms with E-state index in [9.17, 15) is 4.79 Å². The minimum Gasteiger partial charge on any atom is -0.449 e. The van der Waals surface area contributed by atoms with Crippen molar-refractivity contribution < 1.29 is 14.3 Å². The molecule has 8 nitrogen and oxygen atoms in total. The third kappa shape index (κ3) is 5.70. The molecule has 5 rings (SSSR count). The molecular formula is C29H31N5O3. The highest BCUT2D eigenvalue weighted by molar-refractivity contribution is 5.79. The van der Waals surface area contributed by atoms with Crippen molar-refractivity contribution in [2.45, 2.75) is 44.9 Å². The first-order chi connectivity index (χ1) is 17.9. The fourth-order valence-electron chi connectivity index (χ4n) is 4.63. The van der Waals surface area contributed by atoms with E-state index in [1.807, 2.05) is 75.4 Å². The number of tetrazole rings is 1. The average Bonchev–Trinajstić information content (AvgIpc) is 3.48.